The highest BCUT2D eigenvalue weighted by Gasteiger charge is 2.14. The number of benzene rings is 2. The number of aliphatic imine (C=N–C) groups is 1. The molecule has 2 aromatic rings. The summed E-state index contributed by atoms with van der Waals surface area (Å²) in [6.07, 6.45) is -0.996. The topological polar surface area (TPSA) is 57.1 Å². The van der Waals surface area contributed by atoms with Crippen molar-refractivity contribution >= 4 is 29.9 Å². The minimum atomic E-state index is -0.996. The zero-order valence-corrected chi connectivity index (χ0v) is 18.2. The average Bonchev–Trinajstić information content (AvgIpc) is 2.65. The van der Waals surface area contributed by atoms with Crippen LogP contribution in [0.2, 0.25) is 0 Å². The number of methoxy groups -OCH3 is 1. The van der Waals surface area contributed by atoms with Crippen molar-refractivity contribution in [3.63, 3.8) is 0 Å². The largest absolute Gasteiger partial charge is 0.496 e. The summed E-state index contributed by atoms with van der Waals surface area (Å²) in [5.74, 6) is 1.01. The van der Waals surface area contributed by atoms with Crippen LogP contribution in [0.25, 0.3) is 0 Å². The SMILES string of the molecule is CCNC(=NCC(O)c1ccccc1F)N(C)Cc1ccccc1OC.I. The number of hydrogen-bond donors (Lipinski definition) is 2. The van der Waals surface area contributed by atoms with E-state index in [0.29, 0.717) is 19.0 Å². The van der Waals surface area contributed by atoms with Crippen molar-refractivity contribution in [1.29, 1.82) is 0 Å². The number of aliphatic hydroxyl groups excluding tert-OH is 1. The molecule has 0 saturated heterocycles. The Labute approximate surface area is 177 Å². The third-order valence-electron chi connectivity index (χ3n) is 3.97. The van der Waals surface area contributed by atoms with Crippen LogP contribution in [0, 0.1) is 5.82 Å². The molecule has 2 aromatic carbocycles. The zero-order chi connectivity index (χ0) is 18.9. The van der Waals surface area contributed by atoms with Gasteiger partial charge in [-0.3, -0.25) is 4.99 Å². The molecule has 0 aromatic heterocycles. The Morgan fingerprint density at radius 1 is 1.22 bits per heavy atom. The first-order valence-electron chi connectivity index (χ1n) is 8.60. The van der Waals surface area contributed by atoms with Crippen LogP contribution in [-0.2, 0) is 6.54 Å². The number of nitrogens with one attached hydrogen (secondary N) is 1. The molecular weight excluding hydrogens is 460 g/mol. The number of rotatable bonds is 7. The van der Waals surface area contributed by atoms with Crippen molar-refractivity contribution in [3.05, 3.63) is 65.5 Å². The van der Waals surface area contributed by atoms with E-state index in [1.165, 1.54) is 6.07 Å². The van der Waals surface area contributed by atoms with Crippen LogP contribution >= 0.6 is 24.0 Å². The maximum absolute atomic E-state index is 13.8. The maximum Gasteiger partial charge on any atom is 0.194 e. The van der Waals surface area contributed by atoms with Gasteiger partial charge in [0.25, 0.3) is 0 Å². The van der Waals surface area contributed by atoms with E-state index < -0.39 is 11.9 Å². The van der Waals surface area contributed by atoms with Crippen LogP contribution in [0.4, 0.5) is 4.39 Å². The lowest BCUT2D eigenvalue weighted by atomic mass is 10.1. The standard InChI is InChI=1S/C20H26FN3O2.HI/c1-4-22-20(23-13-18(25)16-10-6-7-11-17(16)21)24(2)14-15-9-5-8-12-19(15)26-3;/h5-12,18,25H,4,13-14H2,1-3H3,(H,22,23);1H. The maximum atomic E-state index is 13.8. The third kappa shape index (κ3) is 6.66. The molecule has 5 nitrogen and oxygen atoms in total. The number of aliphatic hydroxyl groups is 1. The van der Waals surface area contributed by atoms with Gasteiger partial charge in [0.05, 0.1) is 13.7 Å². The molecule has 0 saturated carbocycles. The lowest BCUT2D eigenvalue weighted by molar-refractivity contribution is 0.181. The predicted octanol–water partition coefficient (Wildman–Crippen LogP) is 3.58. The molecule has 0 aliphatic heterocycles. The van der Waals surface area contributed by atoms with Crippen molar-refractivity contribution in [2.45, 2.75) is 19.6 Å². The summed E-state index contributed by atoms with van der Waals surface area (Å²) in [5.41, 5.74) is 1.28. The van der Waals surface area contributed by atoms with Crippen LogP contribution in [0.5, 0.6) is 5.75 Å². The molecule has 148 valence electrons. The highest BCUT2D eigenvalue weighted by molar-refractivity contribution is 14.0. The van der Waals surface area contributed by atoms with Crippen molar-refractivity contribution in [2.24, 2.45) is 4.99 Å². The van der Waals surface area contributed by atoms with E-state index in [2.05, 4.69) is 10.3 Å². The van der Waals surface area contributed by atoms with E-state index in [4.69, 9.17) is 4.74 Å². The highest BCUT2D eigenvalue weighted by atomic mass is 127. The Morgan fingerprint density at radius 3 is 2.56 bits per heavy atom. The summed E-state index contributed by atoms with van der Waals surface area (Å²) >= 11 is 0. The molecule has 0 spiro atoms. The Bertz CT molecular complexity index is 743. The number of nitrogens with zero attached hydrogens (tertiary/aromatic N) is 2. The summed E-state index contributed by atoms with van der Waals surface area (Å²) in [5, 5.41) is 13.5. The Hall–Kier alpha value is -1.87. The fourth-order valence-corrected chi connectivity index (χ4v) is 2.65. The van der Waals surface area contributed by atoms with Gasteiger partial charge in [0.15, 0.2) is 5.96 Å². The van der Waals surface area contributed by atoms with Crippen molar-refractivity contribution in [3.8, 4) is 5.75 Å². The van der Waals surface area contributed by atoms with Crippen molar-refractivity contribution in [1.82, 2.24) is 10.2 Å². The lowest BCUT2D eigenvalue weighted by Crippen LogP contribution is -2.38. The molecule has 27 heavy (non-hydrogen) atoms. The first-order chi connectivity index (χ1) is 12.6. The van der Waals surface area contributed by atoms with Gasteiger partial charge in [0.1, 0.15) is 17.7 Å². The Kier molecular flexibility index (Phi) is 10.1. The fourth-order valence-electron chi connectivity index (χ4n) is 2.65. The second-order valence-corrected chi connectivity index (χ2v) is 5.90. The van der Waals surface area contributed by atoms with Gasteiger partial charge in [-0.15, -0.1) is 24.0 Å². The molecule has 0 bridgehead atoms. The molecular formula is C20H27FIN3O2. The molecule has 0 radical (unpaired) electrons. The quantitative estimate of drug-likeness (QED) is 0.356. The third-order valence-corrected chi connectivity index (χ3v) is 3.97. The average molecular weight is 487 g/mol. The summed E-state index contributed by atoms with van der Waals surface area (Å²) in [6, 6.07) is 14.0. The van der Waals surface area contributed by atoms with Crippen LogP contribution < -0.4 is 10.1 Å². The second kappa shape index (κ2) is 11.8. The van der Waals surface area contributed by atoms with E-state index >= 15 is 0 Å². The molecule has 0 fully saturated rings. The molecule has 0 heterocycles. The molecule has 1 atom stereocenters. The Morgan fingerprint density at radius 2 is 1.89 bits per heavy atom. The van der Waals surface area contributed by atoms with Gasteiger partial charge in [-0.2, -0.15) is 0 Å². The molecule has 1 unspecified atom stereocenters. The number of hydrogen-bond acceptors (Lipinski definition) is 3. The van der Waals surface area contributed by atoms with Crippen LogP contribution in [-0.4, -0.2) is 43.2 Å². The first kappa shape index (κ1) is 23.2. The second-order valence-electron chi connectivity index (χ2n) is 5.90. The van der Waals surface area contributed by atoms with Gasteiger partial charge in [-0.25, -0.2) is 4.39 Å². The van der Waals surface area contributed by atoms with E-state index in [0.717, 1.165) is 11.3 Å². The van der Waals surface area contributed by atoms with E-state index in [1.807, 2.05) is 43.1 Å². The van der Waals surface area contributed by atoms with E-state index in [1.54, 1.807) is 25.3 Å². The van der Waals surface area contributed by atoms with Crippen LogP contribution in [0.3, 0.4) is 0 Å². The Balaban J connectivity index is 0.00000364. The van der Waals surface area contributed by atoms with Crippen LogP contribution in [0.15, 0.2) is 53.5 Å². The summed E-state index contributed by atoms with van der Waals surface area (Å²) < 4.78 is 19.2. The smallest absolute Gasteiger partial charge is 0.194 e. The lowest BCUT2D eigenvalue weighted by Gasteiger charge is -2.23. The van der Waals surface area contributed by atoms with Gasteiger partial charge in [-0.1, -0.05) is 36.4 Å². The number of ether oxygens (including phenoxy) is 1. The predicted molar refractivity (Wildman–Crippen MR) is 117 cm³/mol. The van der Waals surface area contributed by atoms with Gasteiger partial charge in [0, 0.05) is 31.3 Å². The minimum absolute atomic E-state index is 0. The zero-order valence-electron chi connectivity index (χ0n) is 15.9. The van der Waals surface area contributed by atoms with Gasteiger partial charge in [0.2, 0.25) is 0 Å². The van der Waals surface area contributed by atoms with Crippen LogP contribution in [0.1, 0.15) is 24.2 Å². The minimum Gasteiger partial charge on any atom is -0.496 e. The summed E-state index contributed by atoms with van der Waals surface area (Å²) in [6.45, 7) is 3.32. The van der Waals surface area contributed by atoms with E-state index in [9.17, 15) is 9.50 Å². The number of para-hydroxylation sites is 1. The van der Waals surface area contributed by atoms with Crippen molar-refractivity contribution in [2.75, 3.05) is 27.2 Å². The van der Waals surface area contributed by atoms with Gasteiger partial charge in [-0.05, 0) is 19.1 Å². The summed E-state index contributed by atoms with van der Waals surface area (Å²) in [4.78, 5) is 6.40. The molecule has 2 N–H and O–H groups in total. The molecule has 0 amide bonds. The van der Waals surface area contributed by atoms with Gasteiger partial charge >= 0.3 is 0 Å². The van der Waals surface area contributed by atoms with Crippen molar-refractivity contribution < 1.29 is 14.2 Å². The number of guanidine groups is 1. The monoisotopic (exact) mass is 487 g/mol. The molecule has 7 heteroatoms. The summed E-state index contributed by atoms with van der Waals surface area (Å²) in [7, 11) is 3.55. The molecule has 0 aliphatic carbocycles. The van der Waals surface area contributed by atoms with E-state index in [-0.39, 0.29) is 36.1 Å². The van der Waals surface area contributed by atoms with Gasteiger partial charge < -0.3 is 20.1 Å². The highest BCUT2D eigenvalue weighted by Crippen LogP contribution is 2.19. The normalized spacial score (nSPS) is 12.1. The number of halogens is 2. The first-order valence-corrected chi connectivity index (χ1v) is 8.60. The molecule has 2 rings (SSSR count). The fraction of sp³-hybridized carbons (Fsp3) is 0.350. The molecule has 0 aliphatic rings.